The van der Waals surface area contributed by atoms with E-state index in [0.29, 0.717) is 0 Å². The summed E-state index contributed by atoms with van der Waals surface area (Å²) in [5.41, 5.74) is 0.355. The van der Waals surface area contributed by atoms with Crippen LogP contribution in [0.25, 0.3) is 0 Å². The summed E-state index contributed by atoms with van der Waals surface area (Å²) in [6, 6.07) is 0.394. The lowest BCUT2D eigenvalue weighted by molar-refractivity contribution is -0.180. The van der Waals surface area contributed by atoms with Crippen LogP contribution in [0, 0.1) is 0 Å². The van der Waals surface area contributed by atoms with Crippen molar-refractivity contribution in [1.29, 1.82) is 0 Å². The first kappa shape index (κ1) is 30.6. The van der Waals surface area contributed by atoms with E-state index in [1.807, 2.05) is 0 Å². The normalized spacial score (nSPS) is 24.9. The second kappa shape index (κ2) is 12.7. The Kier molecular flexibility index (Phi) is 9.48. The van der Waals surface area contributed by atoms with Gasteiger partial charge in [0, 0.05) is 18.9 Å². The molecular weight excluding hydrogens is 566 g/mol. The summed E-state index contributed by atoms with van der Waals surface area (Å²) in [6.45, 7) is 1.60. The highest BCUT2D eigenvalue weighted by atomic mass is 35.5. The predicted octanol–water partition coefficient (Wildman–Crippen LogP) is 2.76. The molecule has 2 aliphatic heterocycles. The van der Waals surface area contributed by atoms with E-state index in [4.69, 9.17) is 21.1 Å². The van der Waals surface area contributed by atoms with Crippen LogP contribution in [0.15, 0.2) is 18.2 Å². The largest absolute Gasteiger partial charge is 0.433 e. The molecule has 14 heteroatoms. The lowest BCUT2D eigenvalue weighted by Gasteiger charge is -2.30. The molecule has 4 rings (SSSR count). The number of nitrogens with one attached hydrogen (secondary N) is 3. The number of anilines is 1. The highest BCUT2D eigenvalue weighted by molar-refractivity contribution is 6.34. The number of hydrogen-bond donors (Lipinski definition) is 3. The predicted molar refractivity (Wildman–Crippen MR) is 142 cm³/mol. The Morgan fingerprint density at radius 1 is 1.17 bits per heavy atom. The molecule has 224 valence electrons. The Balaban J connectivity index is 1.40. The first-order valence-corrected chi connectivity index (χ1v) is 13.9. The van der Waals surface area contributed by atoms with Crippen LogP contribution >= 0.6 is 11.6 Å². The van der Waals surface area contributed by atoms with E-state index in [1.165, 1.54) is 32.0 Å². The van der Waals surface area contributed by atoms with Crippen LogP contribution in [0.1, 0.15) is 69.2 Å². The van der Waals surface area contributed by atoms with Crippen molar-refractivity contribution in [3.63, 3.8) is 0 Å². The molecule has 0 spiro atoms. The number of likely N-dealkylation sites (tertiary alicyclic amines) is 1. The number of benzene rings is 1. The fourth-order valence-electron chi connectivity index (χ4n) is 5.27. The van der Waals surface area contributed by atoms with Crippen molar-refractivity contribution < 1.29 is 42.2 Å². The van der Waals surface area contributed by atoms with Crippen molar-refractivity contribution in [3.8, 4) is 0 Å². The van der Waals surface area contributed by atoms with Crippen LogP contribution in [-0.2, 0) is 28.7 Å². The number of carbonyl (C=O) groups excluding carboxylic acids is 5. The van der Waals surface area contributed by atoms with Crippen LogP contribution in [0.5, 0.6) is 0 Å². The number of nitrogens with zero attached hydrogens (tertiary/aromatic N) is 1. The monoisotopic (exact) mass is 598 g/mol. The Morgan fingerprint density at radius 3 is 2.54 bits per heavy atom. The summed E-state index contributed by atoms with van der Waals surface area (Å²) in [4.78, 5) is 63.1. The highest BCUT2D eigenvalue weighted by Gasteiger charge is 2.52. The van der Waals surface area contributed by atoms with Gasteiger partial charge in [-0.2, -0.15) is 0 Å². The SMILES string of the molecule is CC(=O)Nc1ccc(C(=O)N[C@@H](C)C(=O)N2CC(F)(F)C[C@H]2C(=O)NC2CC(=O)OC2OC2CCCCC2)cc1Cl. The number of esters is 1. The number of halogens is 3. The maximum Gasteiger partial charge on any atom is 0.310 e. The molecule has 0 aromatic heterocycles. The fraction of sp³-hybridized carbons (Fsp3) is 0.593. The van der Waals surface area contributed by atoms with Gasteiger partial charge < -0.3 is 30.3 Å². The van der Waals surface area contributed by atoms with Crippen molar-refractivity contribution in [1.82, 2.24) is 15.5 Å². The molecule has 1 saturated carbocycles. The number of hydrogen-bond acceptors (Lipinski definition) is 7. The maximum absolute atomic E-state index is 14.5. The zero-order valence-electron chi connectivity index (χ0n) is 22.7. The molecule has 0 radical (unpaired) electrons. The zero-order valence-corrected chi connectivity index (χ0v) is 23.5. The van der Waals surface area contributed by atoms with Crippen molar-refractivity contribution in [3.05, 3.63) is 28.8 Å². The van der Waals surface area contributed by atoms with Gasteiger partial charge in [-0.1, -0.05) is 30.9 Å². The van der Waals surface area contributed by atoms with Crippen LogP contribution < -0.4 is 16.0 Å². The van der Waals surface area contributed by atoms with E-state index in [2.05, 4.69) is 16.0 Å². The molecule has 1 aromatic rings. The standard InChI is InChI=1S/C27H33ClF2N4O7/c1-14(31-23(37)16-8-9-19(18(28)10-16)32-15(2)35)25(39)34-13-27(29,30)12-21(34)24(38)33-20-11-22(36)41-26(20)40-17-6-4-3-5-7-17/h8-10,14,17,20-21,26H,3-7,11-13H2,1-2H3,(H,31,37)(H,32,35)(H,33,38)/t14-,20?,21-,26?/m0/s1. The lowest BCUT2D eigenvalue weighted by Crippen LogP contribution is -2.55. The Labute approximate surface area is 240 Å². The average molecular weight is 599 g/mol. The highest BCUT2D eigenvalue weighted by Crippen LogP contribution is 2.33. The van der Waals surface area contributed by atoms with Crippen LogP contribution in [0.3, 0.4) is 0 Å². The van der Waals surface area contributed by atoms with Gasteiger partial charge in [-0.05, 0) is 38.0 Å². The van der Waals surface area contributed by atoms with Crippen LogP contribution in [0.2, 0.25) is 5.02 Å². The minimum atomic E-state index is -3.34. The molecule has 1 aliphatic carbocycles. The molecule has 11 nitrogen and oxygen atoms in total. The fourth-order valence-corrected chi connectivity index (χ4v) is 5.50. The minimum absolute atomic E-state index is 0.0692. The van der Waals surface area contributed by atoms with Gasteiger partial charge in [0.05, 0.1) is 29.8 Å². The number of amides is 4. The number of alkyl halides is 2. The molecule has 1 aromatic carbocycles. The van der Waals surface area contributed by atoms with Crippen LogP contribution in [-0.4, -0.2) is 77.5 Å². The summed E-state index contributed by atoms with van der Waals surface area (Å²) in [6.07, 6.45) is 2.35. The summed E-state index contributed by atoms with van der Waals surface area (Å²) < 4.78 is 40.1. The molecule has 2 heterocycles. The molecular formula is C27H33ClF2N4O7. The number of carbonyl (C=O) groups is 5. The first-order chi connectivity index (χ1) is 19.3. The first-order valence-electron chi connectivity index (χ1n) is 13.5. The van der Waals surface area contributed by atoms with Crippen molar-refractivity contribution in [2.75, 3.05) is 11.9 Å². The molecule has 0 bridgehead atoms. The van der Waals surface area contributed by atoms with Gasteiger partial charge in [0.1, 0.15) is 18.1 Å². The second-order valence-corrected chi connectivity index (χ2v) is 11.1. The van der Waals surface area contributed by atoms with E-state index in [0.717, 1.165) is 37.0 Å². The Bertz CT molecular complexity index is 1210. The van der Waals surface area contributed by atoms with Gasteiger partial charge in [-0.3, -0.25) is 24.0 Å². The average Bonchev–Trinajstić information content (AvgIpc) is 3.42. The van der Waals surface area contributed by atoms with Gasteiger partial charge in [0.2, 0.25) is 24.0 Å². The zero-order chi connectivity index (χ0) is 29.9. The second-order valence-electron chi connectivity index (χ2n) is 10.7. The Morgan fingerprint density at radius 2 is 1.88 bits per heavy atom. The molecule has 3 fully saturated rings. The summed E-state index contributed by atoms with van der Waals surface area (Å²) in [5, 5.41) is 7.61. The Hall–Kier alpha value is -3.32. The molecule has 3 N–H and O–H groups in total. The van der Waals surface area contributed by atoms with Gasteiger partial charge in [0.25, 0.3) is 11.8 Å². The topological polar surface area (TPSA) is 143 Å². The van der Waals surface area contributed by atoms with Crippen molar-refractivity contribution in [2.45, 2.75) is 95.2 Å². The smallest absolute Gasteiger partial charge is 0.310 e. The third-order valence-electron chi connectivity index (χ3n) is 7.28. The van der Waals surface area contributed by atoms with E-state index < -0.39 is 67.0 Å². The van der Waals surface area contributed by atoms with Crippen LogP contribution in [0.4, 0.5) is 14.5 Å². The number of cyclic esters (lactones) is 1. The summed E-state index contributed by atoms with van der Waals surface area (Å²) in [5.74, 6) is -6.74. The molecule has 4 atom stereocenters. The van der Waals surface area contributed by atoms with Gasteiger partial charge in [-0.15, -0.1) is 0 Å². The summed E-state index contributed by atoms with van der Waals surface area (Å²) in [7, 11) is 0. The molecule has 4 amide bonds. The quantitative estimate of drug-likeness (QED) is 0.391. The molecule has 3 aliphatic rings. The third kappa shape index (κ3) is 7.70. The summed E-state index contributed by atoms with van der Waals surface area (Å²) >= 11 is 6.11. The van der Waals surface area contributed by atoms with Gasteiger partial charge >= 0.3 is 5.97 Å². The van der Waals surface area contributed by atoms with E-state index in [-0.39, 0.29) is 34.7 Å². The van der Waals surface area contributed by atoms with E-state index in [9.17, 15) is 32.8 Å². The van der Waals surface area contributed by atoms with E-state index >= 15 is 0 Å². The molecule has 2 saturated heterocycles. The molecule has 41 heavy (non-hydrogen) atoms. The van der Waals surface area contributed by atoms with Crippen molar-refractivity contribution >= 4 is 46.9 Å². The maximum atomic E-state index is 14.5. The lowest BCUT2D eigenvalue weighted by atomic mass is 9.98. The number of rotatable bonds is 8. The third-order valence-corrected chi connectivity index (χ3v) is 7.60. The minimum Gasteiger partial charge on any atom is -0.433 e. The molecule has 2 unspecified atom stereocenters. The number of ether oxygens (including phenoxy) is 2. The van der Waals surface area contributed by atoms with E-state index in [1.54, 1.807) is 0 Å². The van der Waals surface area contributed by atoms with Gasteiger partial charge in [-0.25, -0.2) is 8.78 Å². The van der Waals surface area contributed by atoms with Crippen molar-refractivity contribution in [2.24, 2.45) is 0 Å². The van der Waals surface area contributed by atoms with Gasteiger partial charge in [0.15, 0.2) is 0 Å².